The van der Waals surface area contributed by atoms with Crippen LogP contribution in [-0.2, 0) is 16.2 Å². The maximum Gasteiger partial charge on any atom is 0.227 e. The Morgan fingerprint density at radius 2 is 0.767 bits per heavy atom. The first-order valence-corrected chi connectivity index (χ1v) is 36.0. The van der Waals surface area contributed by atoms with Crippen molar-refractivity contribution in [1.29, 1.82) is 0 Å². The summed E-state index contributed by atoms with van der Waals surface area (Å²) in [6, 6.07) is 112. The number of hydrogen-bond acceptors (Lipinski definition) is 6. The number of nitrogens with zero attached hydrogens (tertiary/aromatic N) is 3. The SMILES string of the molecule is CC1(C)c2ccccc2-c2ccc(N(c3ccc4c(c3)C(C)(C)c3ccccc3-4)c3ccc4c5c(c6ccccc6c4c3)NC(c3ccc(-c4ccc6c(c4)-c4ccc(N(c7ccc8ccccc8c7)c7ccc8c(c7)c7ccccc7c7nc(-c9ccccc9)oc87)cc4C6(C)C)cc3)O5)cc21. The molecule has 0 saturated heterocycles. The Morgan fingerprint density at radius 3 is 1.40 bits per heavy atom. The van der Waals surface area contributed by atoms with Crippen LogP contribution in [0.4, 0.5) is 39.8 Å². The summed E-state index contributed by atoms with van der Waals surface area (Å²) in [5.74, 6) is 1.49. The van der Waals surface area contributed by atoms with Gasteiger partial charge in [-0.1, -0.05) is 242 Å². The number of ether oxygens (including phenoxy) is 1. The zero-order chi connectivity index (χ0) is 68.8. The average Bonchev–Trinajstić information content (AvgIpc) is 1.65. The molecule has 16 aromatic carbocycles. The third-order valence-electron chi connectivity index (χ3n) is 23.5. The van der Waals surface area contributed by atoms with E-state index in [9.17, 15) is 0 Å². The zero-order valence-corrected chi connectivity index (χ0v) is 58.1. The summed E-state index contributed by atoms with van der Waals surface area (Å²) in [5.41, 5.74) is 28.8. The van der Waals surface area contributed by atoms with Crippen LogP contribution in [0, 0.1) is 0 Å². The Hall–Kier alpha value is -12.5. The number of aromatic nitrogens is 1. The van der Waals surface area contributed by atoms with Gasteiger partial charge in [0.1, 0.15) is 5.52 Å². The van der Waals surface area contributed by atoms with Gasteiger partial charge in [-0.25, -0.2) is 4.98 Å². The minimum atomic E-state index is -0.394. The monoisotopic (exact) mass is 1320 g/mol. The van der Waals surface area contributed by atoms with E-state index in [0.29, 0.717) is 5.89 Å². The molecule has 2 heterocycles. The van der Waals surface area contributed by atoms with Crippen LogP contribution in [0.25, 0.3) is 121 Å². The molecule has 1 atom stereocenters. The molecule has 6 heteroatoms. The Morgan fingerprint density at radius 1 is 0.311 bits per heavy atom. The van der Waals surface area contributed by atoms with Crippen LogP contribution in [0.2, 0.25) is 0 Å². The molecular formula is C97H70N4O2. The highest BCUT2D eigenvalue weighted by molar-refractivity contribution is 6.24. The summed E-state index contributed by atoms with van der Waals surface area (Å²) < 4.78 is 13.9. The van der Waals surface area contributed by atoms with Gasteiger partial charge in [0, 0.05) is 83.0 Å². The molecule has 21 rings (SSSR count). The molecule has 6 nitrogen and oxygen atoms in total. The number of nitrogens with one attached hydrogen (secondary N) is 1. The van der Waals surface area contributed by atoms with E-state index in [0.717, 1.165) is 111 Å². The van der Waals surface area contributed by atoms with Crippen LogP contribution in [0.15, 0.2) is 308 Å². The van der Waals surface area contributed by atoms with Crippen LogP contribution in [-0.4, -0.2) is 4.98 Å². The normalized spacial score (nSPS) is 15.2. The van der Waals surface area contributed by atoms with Crippen LogP contribution in [0.3, 0.4) is 0 Å². The van der Waals surface area contributed by atoms with Gasteiger partial charge in [0.15, 0.2) is 17.6 Å². The van der Waals surface area contributed by atoms with Crippen molar-refractivity contribution in [2.75, 3.05) is 15.1 Å². The molecule has 17 aromatic rings. The Bertz CT molecular complexity index is 6390. The Kier molecular flexibility index (Phi) is 12.5. The number of benzene rings is 16. The maximum absolute atomic E-state index is 7.19. The van der Waals surface area contributed by atoms with Crippen LogP contribution in [0.1, 0.15) is 86.7 Å². The third-order valence-corrected chi connectivity index (χ3v) is 23.5. The van der Waals surface area contributed by atoms with Crippen molar-refractivity contribution in [3.8, 4) is 61.7 Å². The molecule has 1 unspecified atom stereocenters. The smallest absolute Gasteiger partial charge is 0.227 e. The number of fused-ring (bicyclic) bond motifs is 22. The fourth-order valence-electron chi connectivity index (χ4n) is 18.2. The molecule has 490 valence electrons. The van der Waals surface area contributed by atoms with Crippen LogP contribution >= 0.6 is 0 Å². The predicted molar refractivity (Wildman–Crippen MR) is 428 cm³/mol. The van der Waals surface area contributed by atoms with E-state index in [1.807, 2.05) is 18.2 Å². The summed E-state index contributed by atoms with van der Waals surface area (Å²) >= 11 is 0. The van der Waals surface area contributed by atoms with Gasteiger partial charge in [-0.15, -0.1) is 0 Å². The van der Waals surface area contributed by atoms with Gasteiger partial charge >= 0.3 is 0 Å². The summed E-state index contributed by atoms with van der Waals surface area (Å²) in [6.07, 6.45) is -0.394. The highest BCUT2D eigenvalue weighted by Gasteiger charge is 2.40. The second-order valence-electron chi connectivity index (χ2n) is 30.2. The number of hydrogen-bond donors (Lipinski definition) is 1. The molecule has 4 aliphatic rings. The lowest BCUT2D eigenvalue weighted by Gasteiger charge is -2.30. The standard InChI is InChI=1S/C97H70N4O2/c1-95(2)83-30-18-16-26-71(83)73-44-39-67(54-86(73)95)101(68-40-45-74-72-27-17-19-31-84(72)96(3,4)87(74)55-68)65-43-48-79-81(53-65)70-25-13-15-29-77(70)90-92(79)103-94(99-90)60-34-32-58(33-35-60)62-37-49-85-82(51-62)75-46-41-66(56-88(75)97(85,5)6)100(63-38-36-57-20-10-11-23-61(57)50-63)64-42-47-78-80(52-64)69-24-12-14-28-76(69)89-91(78)102-93(98-89)59-21-8-7-9-22-59/h7-56,94,99H,1-6H3. The van der Waals surface area contributed by atoms with Crippen molar-refractivity contribution >= 4 is 105 Å². The molecular weight excluding hydrogens is 1250 g/mol. The summed E-state index contributed by atoms with van der Waals surface area (Å²) in [5, 5.41) is 15.1. The first-order chi connectivity index (χ1) is 50.3. The molecule has 103 heavy (non-hydrogen) atoms. The Balaban J connectivity index is 0.614. The van der Waals surface area contributed by atoms with Gasteiger partial charge in [-0.2, -0.15) is 0 Å². The molecule has 0 radical (unpaired) electrons. The minimum absolute atomic E-state index is 0.165. The highest BCUT2D eigenvalue weighted by atomic mass is 16.5. The molecule has 0 amide bonds. The van der Waals surface area contributed by atoms with E-state index in [-0.39, 0.29) is 16.2 Å². The van der Waals surface area contributed by atoms with Crippen molar-refractivity contribution in [1.82, 2.24) is 4.98 Å². The lowest BCUT2D eigenvalue weighted by molar-refractivity contribution is 0.262. The average molecular weight is 1320 g/mol. The zero-order valence-electron chi connectivity index (χ0n) is 58.1. The highest BCUT2D eigenvalue weighted by Crippen LogP contribution is 2.57. The second kappa shape index (κ2) is 21.8. The topological polar surface area (TPSA) is 53.8 Å². The van der Waals surface area contributed by atoms with E-state index in [4.69, 9.17) is 14.1 Å². The lowest BCUT2D eigenvalue weighted by atomic mass is 9.82. The van der Waals surface area contributed by atoms with Gasteiger partial charge < -0.3 is 24.3 Å². The second-order valence-corrected chi connectivity index (χ2v) is 30.2. The third kappa shape index (κ3) is 8.77. The van der Waals surface area contributed by atoms with Gasteiger partial charge in [-0.3, -0.25) is 0 Å². The van der Waals surface area contributed by atoms with Crippen molar-refractivity contribution in [2.45, 2.75) is 64.0 Å². The maximum atomic E-state index is 7.19. The molecule has 3 aliphatic carbocycles. The summed E-state index contributed by atoms with van der Waals surface area (Å²) in [4.78, 5) is 10.0. The largest absolute Gasteiger partial charge is 0.464 e. The predicted octanol–water partition coefficient (Wildman–Crippen LogP) is 26.3. The van der Waals surface area contributed by atoms with Gasteiger partial charge in [0.25, 0.3) is 0 Å². The molecule has 0 bridgehead atoms. The lowest BCUT2D eigenvalue weighted by Crippen LogP contribution is -2.18. The first kappa shape index (κ1) is 59.4. The van der Waals surface area contributed by atoms with Crippen LogP contribution < -0.4 is 19.9 Å². The van der Waals surface area contributed by atoms with E-state index in [1.54, 1.807) is 0 Å². The van der Waals surface area contributed by atoms with Crippen molar-refractivity contribution < 1.29 is 9.15 Å². The number of oxazole rings is 1. The van der Waals surface area contributed by atoms with E-state index >= 15 is 0 Å². The first-order valence-electron chi connectivity index (χ1n) is 36.0. The van der Waals surface area contributed by atoms with E-state index in [1.165, 1.54) is 88.5 Å². The van der Waals surface area contributed by atoms with E-state index in [2.05, 4.69) is 342 Å². The fourth-order valence-corrected chi connectivity index (χ4v) is 18.2. The summed E-state index contributed by atoms with van der Waals surface area (Å²) in [7, 11) is 0. The Labute approximate surface area is 598 Å². The van der Waals surface area contributed by atoms with Crippen molar-refractivity contribution in [2.24, 2.45) is 0 Å². The molecule has 1 N–H and O–H groups in total. The molecule has 0 spiro atoms. The van der Waals surface area contributed by atoms with Gasteiger partial charge in [0.2, 0.25) is 5.89 Å². The van der Waals surface area contributed by atoms with Gasteiger partial charge in [0.05, 0.1) is 5.69 Å². The van der Waals surface area contributed by atoms with Gasteiger partial charge in [-0.05, 0) is 213 Å². The van der Waals surface area contributed by atoms with Crippen molar-refractivity contribution in [3.63, 3.8) is 0 Å². The minimum Gasteiger partial charge on any atom is -0.464 e. The molecule has 1 aromatic heterocycles. The molecule has 0 saturated carbocycles. The molecule has 0 fully saturated rings. The number of anilines is 7. The quantitative estimate of drug-likeness (QED) is 0.145. The molecule has 1 aliphatic heterocycles. The van der Waals surface area contributed by atoms with Crippen molar-refractivity contribution in [3.05, 3.63) is 342 Å². The summed E-state index contributed by atoms with van der Waals surface area (Å²) in [6.45, 7) is 14.2. The van der Waals surface area contributed by atoms with E-state index < -0.39 is 6.23 Å². The van der Waals surface area contributed by atoms with Crippen LogP contribution in [0.5, 0.6) is 5.75 Å². The fraction of sp³-hybridized carbons (Fsp3) is 0.103. The number of rotatable bonds is 9.